The van der Waals surface area contributed by atoms with E-state index >= 15 is 0 Å². The van der Waals surface area contributed by atoms with Crippen LogP contribution >= 0.6 is 0 Å². The summed E-state index contributed by atoms with van der Waals surface area (Å²) in [4.78, 5) is 25.7. The van der Waals surface area contributed by atoms with Gasteiger partial charge in [0.1, 0.15) is 24.0 Å². The lowest BCUT2D eigenvalue weighted by Crippen LogP contribution is -2.56. The van der Waals surface area contributed by atoms with Gasteiger partial charge in [-0.05, 0) is 6.92 Å². The number of aliphatic carboxylic acids is 2. The number of nitrogens with zero attached hydrogens (tertiary/aromatic N) is 1. The van der Waals surface area contributed by atoms with Crippen LogP contribution in [0.4, 0.5) is 0 Å². The minimum Gasteiger partial charge on any atom is -0.493 e. The van der Waals surface area contributed by atoms with Crippen LogP contribution in [0.25, 0.3) is 0 Å². The Morgan fingerprint density at radius 1 is 1.44 bits per heavy atom. The Labute approximate surface area is 142 Å². The minimum atomic E-state index is -2.14. The first-order valence-electron chi connectivity index (χ1n) is 7.30. The molecule has 1 aliphatic carbocycles. The zero-order valence-corrected chi connectivity index (χ0v) is 13.7. The summed E-state index contributed by atoms with van der Waals surface area (Å²) in [7, 11) is 1.18. The molecule has 0 spiro atoms. The zero-order valence-electron chi connectivity index (χ0n) is 13.7. The van der Waals surface area contributed by atoms with Crippen LogP contribution < -0.4 is 5.32 Å². The molecule has 11 heteroatoms. The first-order chi connectivity index (χ1) is 11.6. The molecule has 2 unspecified atom stereocenters. The van der Waals surface area contributed by atoms with Crippen LogP contribution in [0.15, 0.2) is 16.4 Å². The molecule has 0 fully saturated rings. The van der Waals surface area contributed by atoms with Crippen molar-refractivity contribution in [1.29, 1.82) is 0 Å². The molecule has 0 heterocycles. The van der Waals surface area contributed by atoms with E-state index in [4.69, 9.17) is 14.9 Å². The number of carbonyl (C=O) groups is 2. The van der Waals surface area contributed by atoms with E-state index in [0.717, 1.165) is 0 Å². The first kappa shape index (κ1) is 20.8. The van der Waals surface area contributed by atoms with Crippen molar-refractivity contribution in [3.05, 3.63) is 11.5 Å². The number of methoxy groups -OCH3 is 1. The highest BCUT2D eigenvalue weighted by Gasteiger charge is 2.46. The average Bonchev–Trinajstić information content (AvgIpc) is 2.53. The van der Waals surface area contributed by atoms with Gasteiger partial charge in [-0.2, -0.15) is 0 Å². The third-order valence-corrected chi connectivity index (χ3v) is 3.68. The van der Waals surface area contributed by atoms with Crippen LogP contribution in [-0.2, 0) is 14.3 Å². The number of aliphatic hydroxyl groups excluding tert-OH is 3. The lowest BCUT2D eigenvalue weighted by Gasteiger charge is -2.38. The Balaban J connectivity index is 3.47. The maximum atomic E-state index is 11.2. The fourth-order valence-electron chi connectivity index (χ4n) is 2.36. The van der Waals surface area contributed by atoms with Crippen LogP contribution in [0.2, 0.25) is 0 Å². The Bertz CT molecular complexity index is 587. The second-order valence-electron chi connectivity index (χ2n) is 5.64. The Morgan fingerprint density at radius 3 is 2.44 bits per heavy atom. The van der Waals surface area contributed by atoms with Crippen LogP contribution in [0, 0.1) is 0 Å². The van der Waals surface area contributed by atoms with E-state index < -0.39 is 54.7 Å². The molecule has 4 atom stereocenters. The third kappa shape index (κ3) is 4.66. The number of aliphatic hydroxyl groups is 4. The van der Waals surface area contributed by atoms with E-state index in [9.17, 15) is 30.0 Å². The summed E-state index contributed by atoms with van der Waals surface area (Å²) >= 11 is 0. The van der Waals surface area contributed by atoms with Gasteiger partial charge in [0.2, 0.25) is 0 Å². The minimum absolute atomic E-state index is 0.0141. The van der Waals surface area contributed by atoms with E-state index in [0.29, 0.717) is 0 Å². The average molecular weight is 362 g/mol. The Morgan fingerprint density at radius 2 is 2.04 bits per heavy atom. The summed E-state index contributed by atoms with van der Waals surface area (Å²) in [6, 6.07) is -1.67. The van der Waals surface area contributed by atoms with E-state index in [1.165, 1.54) is 14.0 Å². The fourth-order valence-corrected chi connectivity index (χ4v) is 2.36. The summed E-state index contributed by atoms with van der Waals surface area (Å²) in [5.74, 6) is -2.87. The highest BCUT2D eigenvalue weighted by atomic mass is 16.5. The van der Waals surface area contributed by atoms with Crippen LogP contribution in [0.3, 0.4) is 0 Å². The number of carboxylic acid groups (broad SMARTS) is 2. The Kier molecular flexibility index (Phi) is 6.87. The predicted octanol–water partition coefficient (Wildman–Crippen LogP) is -2.72. The van der Waals surface area contributed by atoms with E-state index in [-0.39, 0.29) is 17.9 Å². The van der Waals surface area contributed by atoms with Gasteiger partial charge in [-0.1, -0.05) is 0 Å². The zero-order chi connectivity index (χ0) is 19.4. The number of ether oxygens (including phenoxy) is 1. The first-order valence-corrected chi connectivity index (χ1v) is 7.30. The second-order valence-corrected chi connectivity index (χ2v) is 5.64. The van der Waals surface area contributed by atoms with Gasteiger partial charge in [-0.3, -0.25) is 9.79 Å². The van der Waals surface area contributed by atoms with Crippen molar-refractivity contribution in [3.8, 4) is 0 Å². The molecule has 142 valence electrons. The molecule has 0 aromatic rings. The lowest BCUT2D eigenvalue weighted by atomic mass is 9.82. The van der Waals surface area contributed by atoms with Crippen molar-refractivity contribution in [2.24, 2.45) is 4.99 Å². The number of aliphatic imine (C=N–C) groups is 1. The van der Waals surface area contributed by atoms with Crippen LogP contribution in [0.1, 0.15) is 13.3 Å². The quantitative estimate of drug-likeness (QED) is 0.239. The van der Waals surface area contributed by atoms with Crippen molar-refractivity contribution >= 4 is 17.7 Å². The molecule has 7 N–H and O–H groups in total. The maximum absolute atomic E-state index is 11.2. The molecule has 0 saturated heterocycles. The maximum Gasteiger partial charge on any atom is 0.331 e. The molecular weight excluding hydrogens is 340 g/mol. The molecule has 0 aromatic heterocycles. The standard InChI is InChI=1S/C14H22N2O9/c1-6(18)9(13(22)23)16-10-11(25-2)7(15-4-8(19)20)3-14(24,5-17)12(10)21/h6,9,12,15,17-18,21,24H,3-5H2,1-2H3,(H,19,20)(H,22,23)/b16-10-/t6?,9?,12-,14+/m0/s1. The van der Waals surface area contributed by atoms with E-state index in [1.807, 2.05) is 0 Å². The summed E-state index contributed by atoms with van der Waals surface area (Å²) in [5, 5.41) is 60.1. The van der Waals surface area contributed by atoms with Gasteiger partial charge in [0.25, 0.3) is 0 Å². The smallest absolute Gasteiger partial charge is 0.331 e. The summed E-state index contributed by atoms with van der Waals surface area (Å²) in [6.45, 7) is -0.281. The van der Waals surface area contributed by atoms with Crippen LogP contribution in [-0.4, -0.2) is 92.4 Å². The summed E-state index contributed by atoms with van der Waals surface area (Å²) in [5.41, 5.74) is -2.55. The molecule has 0 radical (unpaired) electrons. The second kappa shape index (κ2) is 8.25. The lowest BCUT2D eigenvalue weighted by molar-refractivity contribution is -0.141. The molecule has 11 nitrogen and oxygen atoms in total. The van der Waals surface area contributed by atoms with Gasteiger partial charge in [-0.25, -0.2) is 4.79 Å². The molecule has 1 rings (SSSR count). The number of carboxylic acids is 2. The molecule has 0 aromatic carbocycles. The van der Waals surface area contributed by atoms with Crippen molar-refractivity contribution in [3.63, 3.8) is 0 Å². The van der Waals surface area contributed by atoms with Gasteiger partial charge in [0.05, 0.1) is 25.5 Å². The highest BCUT2D eigenvalue weighted by molar-refractivity contribution is 6.05. The van der Waals surface area contributed by atoms with Crippen molar-refractivity contribution in [1.82, 2.24) is 5.32 Å². The monoisotopic (exact) mass is 362 g/mol. The van der Waals surface area contributed by atoms with Gasteiger partial charge in [0.15, 0.2) is 11.8 Å². The molecular formula is C14H22N2O9. The highest BCUT2D eigenvalue weighted by Crippen LogP contribution is 2.31. The van der Waals surface area contributed by atoms with E-state index in [1.54, 1.807) is 0 Å². The molecule has 0 bridgehead atoms. The SMILES string of the molecule is COC1=C(NCC(=O)O)C[C@@](O)(CO)[C@@H](O)/C1=N\C(C(=O)O)C(C)O. The molecule has 1 aliphatic rings. The van der Waals surface area contributed by atoms with Gasteiger partial charge in [-0.15, -0.1) is 0 Å². The van der Waals surface area contributed by atoms with Gasteiger partial charge < -0.3 is 40.7 Å². The van der Waals surface area contributed by atoms with Crippen LogP contribution in [0.5, 0.6) is 0 Å². The normalized spacial score (nSPS) is 27.8. The number of hydrogen-bond acceptors (Lipinski definition) is 9. The fraction of sp³-hybridized carbons (Fsp3) is 0.643. The number of nitrogens with one attached hydrogen (secondary N) is 1. The third-order valence-electron chi connectivity index (χ3n) is 3.68. The molecule has 25 heavy (non-hydrogen) atoms. The van der Waals surface area contributed by atoms with Crippen molar-refractivity contribution in [2.75, 3.05) is 20.3 Å². The molecule has 0 saturated carbocycles. The summed E-state index contributed by atoms with van der Waals surface area (Å²) in [6.07, 6.45) is -3.62. The summed E-state index contributed by atoms with van der Waals surface area (Å²) < 4.78 is 5.08. The predicted molar refractivity (Wildman–Crippen MR) is 82.9 cm³/mol. The number of hydrogen-bond donors (Lipinski definition) is 7. The van der Waals surface area contributed by atoms with Gasteiger partial charge in [0, 0.05) is 6.42 Å². The largest absolute Gasteiger partial charge is 0.493 e. The van der Waals surface area contributed by atoms with Crippen molar-refractivity contribution in [2.45, 2.75) is 37.2 Å². The molecule has 0 aliphatic heterocycles. The van der Waals surface area contributed by atoms with Gasteiger partial charge >= 0.3 is 11.9 Å². The van der Waals surface area contributed by atoms with Crippen molar-refractivity contribution < 1.29 is 45.0 Å². The topological polar surface area (TPSA) is 189 Å². The Hall–Kier alpha value is -2.21. The molecule has 0 amide bonds. The van der Waals surface area contributed by atoms with E-state index in [2.05, 4.69) is 10.3 Å². The number of rotatable bonds is 8.